The molecule has 2 rings (SSSR count). The summed E-state index contributed by atoms with van der Waals surface area (Å²) < 4.78 is 0. The van der Waals surface area contributed by atoms with Crippen molar-refractivity contribution in [2.45, 2.75) is 18.9 Å². The summed E-state index contributed by atoms with van der Waals surface area (Å²) >= 11 is 5.75. The number of aromatic nitrogens is 2. The summed E-state index contributed by atoms with van der Waals surface area (Å²) in [4.78, 5) is 8.01. The zero-order valence-corrected chi connectivity index (χ0v) is 11.4. The van der Waals surface area contributed by atoms with Crippen molar-refractivity contribution in [1.82, 2.24) is 9.97 Å². The Morgan fingerprint density at radius 3 is 2.68 bits per heavy atom. The second-order valence-electron chi connectivity index (χ2n) is 4.54. The average Bonchev–Trinajstić information content (AvgIpc) is 2.40. The van der Waals surface area contributed by atoms with Crippen molar-refractivity contribution in [3.05, 3.63) is 53.4 Å². The minimum Gasteiger partial charge on any atom is -0.385 e. The molecule has 0 aliphatic carbocycles. The maximum Gasteiger partial charge on any atom is 0.149 e. The number of benzene rings is 1. The molecule has 0 saturated carbocycles. The molecule has 1 aromatic heterocycles. The normalized spacial score (nSPS) is 13.8. The van der Waals surface area contributed by atoms with Gasteiger partial charge in [-0.05, 0) is 18.9 Å². The molecule has 0 amide bonds. The predicted molar refractivity (Wildman–Crippen MR) is 76.2 cm³/mol. The topological polar surface area (TPSA) is 58.0 Å². The van der Waals surface area contributed by atoms with Crippen molar-refractivity contribution < 1.29 is 5.11 Å². The molecular weight excluding hydrogens is 262 g/mol. The number of aliphatic hydroxyl groups is 1. The van der Waals surface area contributed by atoms with Gasteiger partial charge in [0.2, 0.25) is 0 Å². The lowest BCUT2D eigenvalue weighted by atomic mass is 9.93. The van der Waals surface area contributed by atoms with Crippen LogP contribution in [-0.2, 0) is 5.60 Å². The Balaban J connectivity index is 1.92. The van der Waals surface area contributed by atoms with Crippen LogP contribution in [0.1, 0.15) is 18.9 Å². The number of nitrogens with one attached hydrogen (secondary N) is 1. The molecule has 5 heteroatoms. The van der Waals surface area contributed by atoms with E-state index in [1.807, 2.05) is 30.3 Å². The molecule has 100 valence electrons. The van der Waals surface area contributed by atoms with Gasteiger partial charge in [0.05, 0.1) is 18.0 Å². The van der Waals surface area contributed by atoms with Crippen LogP contribution in [0.2, 0.25) is 5.15 Å². The van der Waals surface area contributed by atoms with Gasteiger partial charge in [-0.3, -0.25) is 4.98 Å². The molecule has 1 atom stereocenters. The van der Waals surface area contributed by atoms with E-state index in [2.05, 4.69) is 15.3 Å². The third-order valence-electron chi connectivity index (χ3n) is 2.92. The van der Waals surface area contributed by atoms with E-state index in [-0.39, 0.29) is 0 Å². The van der Waals surface area contributed by atoms with Crippen LogP contribution in [0.4, 0.5) is 5.82 Å². The molecule has 2 aromatic rings. The predicted octanol–water partition coefficient (Wildman–Crippen LogP) is 2.84. The van der Waals surface area contributed by atoms with E-state index in [0.717, 1.165) is 5.56 Å². The summed E-state index contributed by atoms with van der Waals surface area (Å²) in [5, 5.41) is 13.9. The zero-order chi connectivity index (χ0) is 13.7. The first kappa shape index (κ1) is 13.8. The van der Waals surface area contributed by atoms with E-state index < -0.39 is 5.60 Å². The first-order valence-corrected chi connectivity index (χ1v) is 6.45. The minimum absolute atomic E-state index is 0.347. The lowest BCUT2D eigenvalue weighted by molar-refractivity contribution is 0.0515. The summed E-state index contributed by atoms with van der Waals surface area (Å²) in [6.45, 7) is 2.38. The van der Waals surface area contributed by atoms with Crippen molar-refractivity contribution >= 4 is 17.4 Å². The SMILES string of the molecule is CC(O)(CCNc1cncc(Cl)n1)c1ccccc1. The van der Waals surface area contributed by atoms with E-state index >= 15 is 0 Å². The minimum atomic E-state index is -0.875. The van der Waals surface area contributed by atoms with E-state index in [4.69, 9.17) is 11.6 Å². The van der Waals surface area contributed by atoms with Crippen molar-refractivity contribution in [1.29, 1.82) is 0 Å². The Morgan fingerprint density at radius 1 is 1.26 bits per heavy atom. The first-order chi connectivity index (χ1) is 9.08. The molecule has 0 bridgehead atoms. The number of anilines is 1. The maximum absolute atomic E-state index is 10.4. The average molecular weight is 278 g/mol. The third-order valence-corrected chi connectivity index (χ3v) is 3.10. The highest BCUT2D eigenvalue weighted by Gasteiger charge is 2.21. The molecule has 1 aromatic carbocycles. The summed E-state index contributed by atoms with van der Waals surface area (Å²) in [6.07, 6.45) is 3.64. The highest BCUT2D eigenvalue weighted by Crippen LogP contribution is 2.23. The Labute approximate surface area is 117 Å². The van der Waals surface area contributed by atoms with Crippen LogP contribution in [0.5, 0.6) is 0 Å². The molecule has 0 aliphatic heterocycles. The Bertz CT molecular complexity index is 531. The summed E-state index contributed by atoms with van der Waals surface area (Å²) in [7, 11) is 0. The zero-order valence-electron chi connectivity index (χ0n) is 10.7. The molecular formula is C14H16ClN3O. The number of hydrogen-bond donors (Lipinski definition) is 2. The molecule has 4 nitrogen and oxygen atoms in total. The standard InChI is InChI=1S/C14H16ClN3O/c1-14(19,11-5-3-2-4-6-11)7-8-17-13-10-16-9-12(15)18-13/h2-6,9-10,19H,7-8H2,1H3,(H,17,18). The second-order valence-corrected chi connectivity index (χ2v) is 4.93. The van der Waals surface area contributed by atoms with E-state index in [0.29, 0.717) is 23.9 Å². The van der Waals surface area contributed by atoms with Gasteiger partial charge in [-0.1, -0.05) is 41.9 Å². The first-order valence-electron chi connectivity index (χ1n) is 6.07. The second kappa shape index (κ2) is 5.99. The Hall–Kier alpha value is -1.65. The molecule has 0 radical (unpaired) electrons. The van der Waals surface area contributed by atoms with Crippen LogP contribution >= 0.6 is 11.6 Å². The number of halogens is 1. The monoisotopic (exact) mass is 277 g/mol. The van der Waals surface area contributed by atoms with Crippen molar-refractivity contribution in [3.63, 3.8) is 0 Å². The fourth-order valence-electron chi connectivity index (χ4n) is 1.80. The lowest BCUT2D eigenvalue weighted by Gasteiger charge is -2.24. The van der Waals surface area contributed by atoms with Crippen LogP contribution in [0.3, 0.4) is 0 Å². The highest BCUT2D eigenvalue weighted by atomic mass is 35.5. The maximum atomic E-state index is 10.4. The van der Waals surface area contributed by atoms with Crippen LogP contribution in [-0.4, -0.2) is 21.6 Å². The van der Waals surface area contributed by atoms with Crippen molar-refractivity contribution in [2.24, 2.45) is 0 Å². The molecule has 0 fully saturated rings. The van der Waals surface area contributed by atoms with Gasteiger partial charge in [-0.25, -0.2) is 4.98 Å². The number of hydrogen-bond acceptors (Lipinski definition) is 4. The Kier molecular flexibility index (Phi) is 4.35. The third kappa shape index (κ3) is 3.91. The molecule has 19 heavy (non-hydrogen) atoms. The molecule has 0 aliphatic rings. The van der Waals surface area contributed by atoms with Crippen molar-refractivity contribution in [3.8, 4) is 0 Å². The summed E-state index contributed by atoms with van der Waals surface area (Å²) in [5.74, 6) is 0.608. The van der Waals surface area contributed by atoms with Gasteiger partial charge in [-0.15, -0.1) is 0 Å². The highest BCUT2D eigenvalue weighted by molar-refractivity contribution is 6.29. The van der Waals surface area contributed by atoms with Gasteiger partial charge in [0.1, 0.15) is 11.0 Å². The fourth-order valence-corrected chi connectivity index (χ4v) is 1.95. The van der Waals surface area contributed by atoms with Crippen LogP contribution in [0.25, 0.3) is 0 Å². The quantitative estimate of drug-likeness (QED) is 0.882. The van der Waals surface area contributed by atoms with Gasteiger partial charge < -0.3 is 10.4 Å². The largest absolute Gasteiger partial charge is 0.385 e. The molecule has 0 spiro atoms. The number of nitrogens with zero attached hydrogens (tertiary/aromatic N) is 2. The van der Waals surface area contributed by atoms with Gasteiger partial charge >= 0.3 is 0 Å². The van der Waals surface area contributed by atoms with Crippen LogP contribution in [0.15, 0.2) is 42.7 Å². The van der Waals surface area contributed by atoms with E-state index in [9.17, 15) is 5.11 Å². The van der Waals surface area contributed by atoms with Gasteiger partial charge in [-0.2, -0.15) is 0 Å². The van der Waals surface area contributed by atoms with Gasteiger partial charge in [0.25, 0.3) is 0 Å². The van der Waals surface area contributed by atoms with Gasteiger partial charge in [0, 0.05) is 6.54 Å². The molecule has 1 heterocycles. The van der Waals surface area contributed by atoms with Gasteiger partial charge in [0.15, 0.2) is 0 Å². The summed E-state index contributed by atoms with van der Waals surface area (Å²) in [5.41, 5.74) is 0.0225. The van der Waals surface area contributed by atoms with Crippen LogP contribution in [0, 0.1) is 0 Å². The lowest BCUT2D eigenvalue weighted by Crippen LogP contribution is -2.24. The molecule has 0 saturated heterocycles. The van der Waals surface area contributed by atoms with E-state index in [1.165, 1.54) is 6.20 Å². The van der Waals surface area contributed by atoms with E-state index in [1.54, 1.807) is 13.1 Å². The fraction of sp³-hybridized carbons (Fsp3) is 0.286. The molecule has 1 unspecified atom stereocenters. The van der Waals surface area contributed by atoms with Crippen molar-refractivity contribution in [2.75, 3.05) is 11.9 Å². The molecule has 2 N–H and O–H groups in total. The Morgan fingerprint density at radius 2 is 2.00 bits per heavy atom. The summed E-state index contributed by atoms with van der Waals surface area (Å²) in [6, 6.07) is 9.59. The number of rotatable bonds is 5. The smallest absolute Gasteiger partial charge is 0.149 e. The van der Waals surface area contributed by atoms with Crippen LogP contribution < -0.4 is 5.32 Å².